The highest BCUT2D eigenvalue weighted by Crippen LogP contribution is 2.47. The summed E-state index contributed by atoms with van der Waals surface area (Å²) in [5.74, 6) is 0.791. The Balaban J connectivity index is 1.25. The number of ether oxygens (including phenoxy) is 3. The van der Waals surface area contributed by atoms with E-state index in [1.807, 2.05) is 23.1 Å². The zero-order chi connectivity index (χ0) is 23.5. The molecule has 3 amide bonds. The van der Waals surface area contributed by atoms with Gasteiger partial charge in [0.15, 0.2) is 0 Å². The number of amides is 3. The Morgan fingerprint density at radius 1 is 1.12 bits per heavy atom. The molecule has 1 saturated carbocycles. The minimum absolute atomic E-state index is 0.00783. The fourth-order valence-electron chi connectivity index (χ4n) is 5.70. The SMILES string of the molecule is O=C(Nc1ccc2c(c1)[C@H]1C[C@@H](CC(=O)N3CCOCC3)O[C@H](CO)[C@H]1O2)NC1CCCCC1. The molecule has 0 radical (unpaired) electrons. The van der Waals surface area contributed by atoms with E-state index in [4.69, 9.17) is 14.2 Å². The standard InChI is InChI=1S/C25H35N3O6/c29-15-22-24-20(13-18(33-22)14-23(30)28-8-10-32-11-9-28)19-12-17(6-7-21(19)34-24)27-25(31)26-16-4-2-1-3-5-16/h6-7,12,16,18,20,22,24,29H,1-5,8-11,13-15H2,(H2,26,27,31)/t18-,20+,22+,24-/m0/s1. The molecule has 0 bridgehead atoms. The van der Waals surface area contributed by atoms with E-state index in [1.165, 1.54) is 6.42 Å². The topological polar surface area (TPSA) is 109 Å². The lowest BCUT2D eigenvalue weighted by Gasteiger charge is -2.38. The number of anilines is 1. The van der Waals surface area contributed by atoms with Gasteiger partial charge in [-0.25, -0.2) is 4.79 Å². The van der Waals surface area contributed by atoms with Crippen molar-refractivity contribution in [2.24, 2.45) is 0 Å². The molecule has 5 rings (SSSR count). The van der Waals surface area contributed by atoms with Crippen molar-refractivity contribution in [3.8, 4) is 5.75 Å². The average Bonchev–Trinajstić information content (AvgIpc) is 3.22. The molecule has 0 spiro atoms. The number of aliphatic hydroxyl groups is 1. The van der Waals surface area contributed by atoms with Crippen LogP contribution in [0.5, 0.6) is 5.75 Å². The normalized spacial score (nSPS) is 29.0. The van der Waals surface area contributed by atoms with Crippen LogP contribution < -0.4 is 15.4 Å². The third-order valence-electron chi connectivity index (χ3n) is 7.46. The molecule has 1 aromatic rings. The van der Waals surface area contributed by atoms with Crippen molar-refractivity contribution in [1.29, 1.82) is 0 Å². The van der Waals surface area contributed by atoms with Crippen molar-refractivity contribution in [3.63, 3.8) is 0 Å². The molecule has 3 aliphatic heterocycles. The van der Waals surface area contributed by atoms with Crippen LogP contribution in [0, 0.1) is 0 Å². The maximum Gasteiger partial charge on any atom is 0.319 e. The van der Waals surface area contributed by atoms with Crippen LogP contribution in [0.3, 0.4) is 0 Å². The largest absolute Gasteiger partial charge is 0.487 e. The molecule has 2 saturated heterocycles. The molecule has 1 aliphatic carbocycles. The van der Waals surface area contributed by atoms with Crippen molar-refractivity contribution in [2.75, 3.05) is 38.2 Å². The summed E-state index contributed by atoms with van der Waals surface area (Å²) in [5, 5.41) is 16.0. The molecular formula is C25H35N3O6. The van der Waals surface area contributed by atoms with Gasteiger partial charge in [0, 0.05) is 36.3 Å². The number of urea groups is 1. The van der Waals surface area contributed by atoms with Crippen molar-refractivity contribution in [1.82, 2.24) is 10.2 Å². The van der Waals surface area contributed by atoms with E-state index in [0.717, 1.165) is 37.0 Å². The average molecular weight is 474 g/mol. The van der Waals surface area contributed by atoms with Gasteiger partial charge in [-0.1, -0.05) is 19.3 Å². The van der Waals surface area contributed by atoms with E-state index in [1.54, 1.807) is 0 Å². The Labute approximate surface area is 200 Å². The Kier molecular flexibility index (Phi) is 7.22. The summed E-state index contributed by atoms with van der Waals surface area (Å²) in [4.78, 5) is 27.1. The molecule has 3 N–H and O–H groups in total. The summed E-state index contributed by atoms with van der Waals surface area (Å²) >= 11 is 0. The molecular weight excluding hydrogens is 438 g/mol. The lowest BCUT2D eigenvalue weighted by atomic mass is 9.84. The highest BCUT2D eigenvalue weighted by Gasteiger charge is 2.46. The fraction of sp³-hybridized carbons (Fsp3) is 0.680. The third kappa shape index (κ3) is 5.16. The second-order valence-electron chi connectivity index (χ2n) is 9.79. The van der Waals surface area contributed by atoms with Gasteiger partial charge in [0.2, 0.25) is 5.91 Å². The van der Waals surface area contributed by atoms with Crippen LogP contribution in [0.15, 0.2) is 18.2 Å². The molecule has 186 valence electrons. The highest BCUT2D eigenvalue weighted by atomic mass is 16.6. The maximum atomic E-state index is 12.8. The Morgan fingerprint density at radius 2 is 1.91 bits per heavy atom. The number of fused-ring (bicyclic) bond motifs is 3. The van der Waals surface area contributed by atoms with Gasteiger partial charge in [-0.05, 0) is 37.5 Å². The van der Waals surface area contributed by atoms with Gasteiger partial charge < -0.3 is 34.9 Å². The first kappa shape index (κ1) is 23.4. The molecule has 4 atom stereocenters. The lowest BCUT2D eigenvalue weighted by Crippen LogP contribution is -2.48. The van der Waals surface area contributed by atoms with E-state index >= 15 is 0 Å². The van der Waals surface area contributed by atoms with Gasteiger partial charge in [-0.3, -0.25) is 4.79 Å². The molecule has 3 heterocycles. The molecule has 0 unspecified atom stereocenters. The zero-order valence-electron chi connectivity index (χ0n) is 19.5. The zero-order valence-corrected chi connectivity index (χ0v) is 19.5. The highest BCUT2D eigenvalue weighted by molar-refractivity contribution is 5.89. The van der Waals surface area contributed by atoms with E-state index in [-0.39, 0.29) is 49.1 Å². The minimum atomic E-state index is -0.500. The summed E-state index contributed by atoms with van der Waals surface area (Å²) in [6, 6.07) is 5.72. The quantitative estimate of drug-likeness (QED) is 0.606. The Bertz CT molecular complexity index is 883. The second-order valence-corrected chi connectivity index (χ2v) is 9.79. The smallest absolute Gasteiger partial charge is 0.319 e. The number of nitrogens with one attached hydrogen (secondary N) is 2. The van der Waals surface area contributed by atoms with E-state index in [0.29, 0.717) is 38.4 Å². The summed E-state index contributed by atoms with van der Waals surface area (Å²) in [6.45, 7) is 2.15. The van der Waals surface area contributed by atoms with Crippen LogP contribution in [0.25, 0.3) is 0 Å². The van der Waals surface area contributed by atoms with E-state index in [9.17, 15) is 14.7 Å². The Morgan fingerprint density at radius 3 is 2.68 bits per heavy atom. The minimum Gasteiger partial charge on any atom is -0.487 e. The van der Waals surface area contributed by atoms with Crippen LogP contribution in [0.4, 0.5) is 10.5 Å². The summed E-state index contributed by atoms with van der Waals surface area (Å²) in [5.41, 5.74) is 1.70. The monoisotopic (exact) mass is 473 g/mol. The molecule has 3 fully saturated rings. The number of benzene rings is 1. The molecule has 9 nitrogen and oxygen atoms in total. The van der Waals surface area contributed by atoms with Gasteiger partial charge in [0.1, 0.15) is 18.0 Å². The van der Waals surface area contributed by atoms with Gasteiger partial charge in [-0.2, -0.15) is 0 Å². The van der Waals surface area contributed by atoms with Crippen molar-refractivity contribution < 1.29 is 28.9 Å². The first-order valence-corrected chi connectivity index (χ1v) is 12.6. The Hall–Kier alpha value is -2.36. The first-order valence-electron chi connectivity index (χ1n) is 12.6. The number of nitrogens with zero attached hydrogens (tertiary/aromatic N) is 1. The molecule has 1 aromatic carbocycles. The summed E-state index contributed by atoms with van der Waals surface area (Å²) in [7, 11) is 0. The first-order chi connectivity index (χ1) is 16.6. The van der Waals surface area contributed by atoms with Crippen molar-refractivity contribution >= 4 is 17.6 Å². The van der Waals surface area contributed by atoms with Crippen LogP contribution >= 0.6 is 0 Å². The number of morpholine rings is 1. The number of aliphatic hydroxyl groups excluding tert-OH is 1. The van der Waals surface area contributed by atoms with Crippen LogP contribution in [-0.2, 0) is 14.3 Å². The number of carbonyl (C=O) groups is 2. The van der Waals surface area contributed by atoms with E-state index in [2.05, 4.69) is 10.6 Å². The molecule has 9 heteroatoms. The lowest BCUT2D eigenvalue weighted by molar-refractivity contribution is -0.151. The van der Waals surface area contributed by atoms with Crippen LogP contribution in [0.2, 0.25) is 0 Å². The maximum absolute atomic E-state index is 12.8. The van der Waals surface area contributed by atoms with Crippen molar-refractivity contribution in [3.05, 3.63) is 23.8 Å². The summed E-state index contributed by atoms with van der Waals surface area (Å²) in [6.07, 6.45) is 5.42. The molecule has 4 aliphatic rings. The number of carbonyl (C=O) groups excluding carboxylic acids is 2. The number of hydrogen-bond donors (Lipinski definition) is 3. The molecule has 0 aromatic heterocycles. The number of rotatable bonds is 5. The van der Waals surface area contributed by atoms with Gasteiger partial charge in [0.05, 0.1) is 32.3 Å². The predicted molar refractivity (Wildman–Crippen MR) is 125 cm³/mol. The van der Waals surface area contributed by atoms with Gasteiger partial charge >= 0.3 is 6.03 Å². The second kappa shape index (κ2) is 10.5. The van der Waals surface area contributed by atoms with Crippen LogP contribution in [0.1, 0.15) is 56.4 Å². The summed E-state index contributed by atoms with van der Waals surface area (Å²) < 4.78 is 17.6. The van der Waals surface area contributed by atoms with Crippen molar-refractivity contribution in [2.45, 2.75) is 75.2 Å². The molecule has 34 heavy (non-hydrogen) atoms. The van der Waals surface area contributed by atoms with Gasteiger partial charge in [0.25, 0.3) is 0 Å². The third-order valence-corrected chi connectivity index (χ3v) is 7.46. The predicted octanol–water partition coefficient (Wildman–Crippen LogP) is 2.38. The van der Waals surface area contributed by atoms with Gasteiger partial charge in [-0.15, -0.1) is 0 Å². The van der Waals surface area contributed by atoms with E-state index < -0.39 is 6.10 Å². The van der Waals surface area contributed by atoms with Crippen LogP contribution in [-0.4, -0.2) is 79.2 Å². The number of hydrogen-bond acceptors (Lipinski definition) is 6. The fourth-order valence-corrected chi connectivity index (χ4v) is 5.70.